The third-order valence-corrected chi connectivity index (χ3v) is 5.62. The number of ether oxygens (including phenoxy) is 1. The van der Waals surface area contributed by atoms with Gasteiger partial charge in [0.15, 0.2) is 0 Å². The molecular formula is C21H15F3N4O3. The van der Waals surface area contributed by atoms with Gasteiger partial charge >= 0.3 is 6.36 Å². The zero-order valence-electron chi connectivity index (χ0n) is 16.1. The van der Waals surface area contributed by atoms with Gasteiger partial charge < -0.3 is 15.0 Å². The van der Waals surface area contributed by atoms with E-state index >= 15 is 0 Å². The maximum atomic E-state index is 13.4. The highest BCUT2D eigenvalue weighted by Gasteiger charge is 2.56. The lowest BCUT2D eigenvalue weighted by atomic mass is 9.72. The first-order valence-electron chi connectivity index (χ1n) is 9.33. The number of alkyl halides is 3. The molecule has 3 heterocycles. The van der Waals surface area contributed by atoms with E-state index in [-0.39, 0.29) is 24.0 Å². The summed E-state index contributed by atoms with van der Waals surface area (Å²) in [6.45, 7) is 0. The standard InChI is InChI=1S/C21H15F3N4O3/c1-27-16-5-3-2-4-14(16)20(19(27)30)10-17(29)26-18-15(20)11-25-28(18)12-6-8-13(9-7-12)31-21(22,23)24/h2-9,11H,10H2,1H3,(H,26,29)/t20-/m0/s1. The van der Waals surface area contributed by atoms with Crippen LogP contribution in [-0.2, 0) is 15.0 Å². The monoisotopic (exact) mass is 428 g/mol. The number of halogens is 3. The van der Waals surface area contributed by atoms with Gasteiger partial charge in [0, 0.05) is 24.7 Å². The fourth-order valence-corrected chi connectivity index (χ4v) is 4.35. The van der Waals surface area contributed by atoms with Crippen LogP contribution in [0.1, 0.15) is 17.5 Å². The Morgan fingerprint density at radius 2 is 1.77 bits per heavy atom. The van der Waals surface area contributed by atoms with Crippen molar-refractivity contribution in [2.75, 3.05) is 17.3 Å². The molecule has 0 aliphatic carbocycles. The molecule has 5 rings (SSSR count). The molecule has 2 aliphatic heterocycles. The van der Waals surface area contributed by atoms with Gasteiger partial charge in [-0.2, -0.15) is 5.10 Å². The Balaban J connectivity index is 1.62. The van der Waals surface area contributed by atoms with E-state index in [0.717, 1.165) is 17.8 Å². The van der Waals surface area contributed by atoms with Gasteiger partial charge in [-0.05, 0) is 35.9 Å². The molecule has 7 nitrogen and oxygen atoms in total. The number of nitrogens with zero attached hydrogens (tertiary/aromatic N) is 3. The molecule has 1 spiro atoms. The van der Waals surface area contributed by atoms with Crippen molar-refractivity contribution in [1.29, 1.82) is 0 Å². The Morgan fingerprint density at radius 3 is 2.48 bits per heavy atom. The number of rotatable bonds is 2. The van der Waals surface area contributed by atoms with Crippen LogP contribution < -0.4 is 15.0 Å². The second-order valence-electron chi connectivity index (χ2n) is 7.37. The van der Waals surface area contributed by atoms with Gasteiger partial charge in [0.1, 0.15) is 17.0 Å². The molecule has 1 atom stereocenters. The van der Waals surface area contributed by atoms with Crippen molar-refractivity contribution in [2.24, 2.45) is 0 Å². The molecule has 2 aromatic carbocycles. The fourth-order valence-electron chi connectivity index (χ4n) is 4.35. The van der Waals surface area contributed by atoms with E-state index in [9.17, 15) is 22.8 Å². The van der Waals surface area contributed by atoms with Crippen LogP contribution in [0.3, 0.4) is 0 Å². The summed E-state index contributed by atoms with van der Waals surface area (Å²) < 4.78 is 42.5. The molecule has 1 N–H and O–H groups in total. The van der Waals surface area contributed by atoms with Crippen LogP contribution in [0.4, 0.5) is 24.7 Å². The van der Waals surface area contributed by atoms with Gasteiger partial charge in [0.2, 0.25) is 11.8 Å². The highest BCUT2D eigenvalue weighted by molar-refractivity contribution is 6.15. The van der Waals surface area contributed by atoms with Crippen molar-refractivity contribution in [3.05, 3.63) is 65.9 Å². The minimum absolute atomic E-state index is 0.0652. The Hall–Kier alpha value is -3.82. The number of hydrogen-bond acceptors (Lipinski definition) is 4. The van der Waals surface area contributed by atoms with Crippen LogP contribution in [-0.4, -0.2) is 35.0 Å². The van der Waals surface area contributed by atoms with Gasteiger partial charge in [0.05, 0.1) is 11.9 Å². The van der Waals surface area contributed by atoms with Crippen LogP contribution in [0.25, 0.3) is 5.69 Å². The molecule has 3 aromatic rings. The third kappa shape index (κ3) is 2.78. The van der Waals surface area contributed by atoms with Crippen molar-refractivity contribution < 1.29 is 27.5 Å². The fraction of sp³-hybridized carbons (Fsp3) is 0.190. The molecule has 0 unspecified atom stereocenters. The zero-order valence-corrected chi connectivity index (χ0v) is 16.1. The first-order chi connectivity index (χ1) is 14.7. The Bertz CT molecular complexity index is 1220. The van der Waals surface area contributed by atoms with E-state index in [1.54, 1.807) is 7.05 Å². The summed E-state index contributed by atoms with van der Waals surface area (Å²) in [6.07, 6.45) is -3.35. The predicted octanol–water partition coefficient (Wildman–Crippen LogP) is 3.38. The number of carbonyl (C=O) groups is 2. The molecule has 1 aromatic heterocycles. The van der Waals surface area contributed by atoms with Crippen molar-refractivity contribution in [3.63, 3.8) is 0 Å². The van der Waals surface area contributed by atoms with Crippen LogP contribution in [0.2, 0.25) is 0 Å². The zero-order chi connectivity index (χ0) is 22.0. The number of para-hydroxylation sites is 1. The smallest absolute Gasteiger partial charge is 0.406 e. The van der Waals surface area contributed by atoms with Gasteiger partial charge in [-0.25, -0.2) is 4.68 Å². The van der Waals surface area contributed by atoms with Crippen molar-refractivity contribution >= 4 is 23.3 Å². The molecule has 0 radical (unpaired) electrons. The van der Waals surface area contributed by atoms with E-state index in [1.807, 2.05) is 24.3 Å². The quantitative estimate of drug-likeness (QED) is 0.679. The molecule has 158 valence electrons. The number of hydrogen-bond donors (Lipinski definition) is 1. The normalized spacial score (nSPS) is 19.9. The van der Waals surface area contributed by atoms with E-state index in [4.69, 9.17) is 0 Å². The number of anilines is 2. The minimum atomic E-state index is -4.80. The third-order valence-electron chi connectivity index (χ3n) is 5.62. The van der Waals surface area contributed by atoms with Gasteiger partial charge in [-0.1, -0.05) is 18.2 Å². The Morgan fingerprint density at radius 1 is 1.06 bits per heavy atom. The molecule has 31 heavy (non-hydrogen) atoms. The molecule has 2 aliphatic rings. The summed E-state index contributed by atoms with van der Waals surface area (Å²) in [5.41, 5.74) is 1.16. The van der Waals surface area contributed by atoms with Gasteiger partial charge in [-0.15, -0.1) is 13.2 Å². The van der Waals surface area contributed by atoms with Gasteiger partial charge in [0.25, 0.3) is 0 Å². The largest absolute Gasteiger partial charge is 0.573 e. The number of nitrogens with one attached hydrogen (secondary N) is 1. The predicted molar refractivity (Wildman–Crippen MR) is 104 cm³/mol. The van der Waals surface area contributed by atoms with Crippen molar-refractivity contribution in [1.82, 2.24) is 9.78 Å². The molecule has 0 saturated carbocycles. The second kappa shape index (κ2) is 6.34. The minimum Gasteiger partial charge on any atom is -0.406 e. The van der Waals surface area contributed by atoms with E-state index in [0.29, 0.717) is 22.6 Å². The SMILES string of the molecule is CN1C(=O)[C@@]2(CC(=O)Nc3c2cnn3-c2ccc(OC(F)(F)F)cc2)c2ccccc21. The number of aromatic nitrogens is 2. The summed E-state index contributed by atoms with van der Waals surface area (Å²) in [5, 5.41) is 7.08. The lowest BCUT2D eigenvalue weighted by Gasteiger charge is -2.32. The van der Waals surface area contributed by atoms with Crippen molar-refractivity contribution in [3.8, 4) is 11.4 Å². The molecule has 0 fully saturated rings. The lowest BCUT2D eigenvalue weighted by Crippen LogP contribution is -2.45. The Kier molecular flexibility index (Phi) is 3.92. The summed E-state index contributed by atoms with van der Waals surface area (Å²) in [6, 6.07) is 12.3. The summed E-state index contributed by atoms with van der Waals surface area (Å²) in [4.78, 5) is 27.6. The van der Waals surface area contributed by atoms with Crippen LogP contribution in [0.5, 0.6) is 5.75 Å². The maximum absolute atomic E-state index is 13.4. The molecule has 0 bridgehead atoms. The van der Waals surface area contributed by atoms with Crippen LogP contribution in [0.15, 0.2) is 54.7 Å². The van der Waals surface area contributed by atoms with E-state index in [1.165, 1.54) is 27.9 Å². The average molecular weight is 428 g/mol. The highest BCUT2D eigenvalue weighted by atomic mass is 19.4. The number of carbonyl (C=O) groups excluding carboxylic acids is 2. The number of likely N-dealkylation sites (N-methyl/N-ethyl adjacent to an activating group) is 1. The molecular weight excluding hydrogens is 413 g/mol. The highest BCUT2D eigenvalue weighted by Crippen LogP contribution is 2.51. The topological polar surface area (TPSA) is 76.5 Å². The molecule has 2 amide bonds. The van der Waals surface area contributed by atoms with Crippen LogP contribution >= 0.6 is 0 Å². The number of benzene rings is 2. The summed E-state index contributed by atoms with van der Waals surface area (Å²) >= 11 is 0. The van der Waals surface area contributed by atoms with Crippen LogP contribution in [0, 0.1) is 0 Å². The molecule has 0 saturated heterocycles. The summed E-state index contributed by atoms with van der Waals surface area (Å²) in [5.74, 6) is -0.665. The summed E-state index contributed by atoms with van der Waals surface area (Å²) in [7, 11) is 1.66. The van der Waals surface area contributed by atoms with E-state index < -0.39 is 11.8 Å². The first kappa shape index (κ1) is 19.2. The van der Waals surface area contributed by atoms with Gasteiger partial charge in [-0.3, -0.25) is 9.59 Å². The first-order valence-corrected chi connectivity index (χ1v) is 9.33. The average Bonchev–Trinajstić information content (AvgIpc) is 3.23. The van der Waals surface area contributed by atoms with E-state index in [2.05, 4.69) is 15.2 Å². The second-order valence-corrected chi connectivity index (χ2v) is 7.37. The molecule has 10 heteroatoms. The number of amides is 2. The van der Waals surface area contributed by atoms with Crippen molar-refractivity contribution in [2.45, 2.75) is 18.2 Å². The Labute approximate surface area is 174 Å². The maximum Gasteiger partial charge on any atom is 0.573 e. The lowest BCUT2D eigenvalue weighted by molar-refractivity contribution is -0.274. The number of fused-ring (bicyclic) bond motifs is 4.